The highest BCUT2D eigenvalue weighted by Crippen LogP contribution is 2.26. The standard InChI is InChI=1S/C22H28BrNO4S/c1-5-28-22(25)21(13-16(2)3)24(15-18-8-6-7-17(4)14-18)29(26,27)20-11-9-19(23)10-12-20/h6-12,14,16,21H,5,13,15H2,1-4H3. The molecular weight excluding hydrogens is 454 g/mol. The van der Waals surface area contributed by atoms with Gasteiger partial charge < -0.3 is 4.74 Å². The van der Waals surface area contributed by atoms with Crippen molar-refractivity contribution in [2.24, 2.45) is 5.92 Å². The molecule has 0 N–H and O–H groups in total. The van der Waals surface area contributed by atoms with Crippen molar-refractivity contribution < 1.29 is 17.9 Å². The Labute approximate surface area is 182 Å². The molecule has 0 saturated heterocycles. The first kappa shape index (κ1) is 23.6. The molecule has 2 aromatic rings. The minimum atomic E-state index is -3.93. The van der Waals surface area contributed by atoms with Crippen LogP contribution >= 0.6 is 15.9 Å². The number of carbonyl (C=O) groups is 1. The second kappa shape index (κ2) is 10.4. The maximum atomic E-state index is 13.6. The van der Waals surface area contributed by atoms with Gasteiger partial charge in [0.2, 0.25) is 10.0 Å². The van der Waals surface area contributed by atoms with Crippen molar-refractivity contribution in [3.05, 3.63) is 64.1 Å². The molecule has 0 radical (unpaired) electrons. The van der Waals surface area contributed by atoms with E-state index in [1.807, 2.05) is 45.0 Å². The van der Waals surface area contributed by atoms with Gasteiger partial charge in [0, 0.05) is 11.0 Å². The number of halogens is 1. The van der Waals surface area contributed by atoms with Crippen molar-refractivity contribution in [2.45, 2.75) is 51.6 Å². The number of aryl methyl sites for hydroxylation is 1. The van der Waals surface area contributed by atoms with Gasteiger partial charge in [0.05, 0.1) is 11.5 Å². The molecule has 0 aliphatic heterocycles. The summed E-state index contributed by atoms with van der Waals surface area (Å²) >= 11 is 3.33. The normalized spacial score (nSPS) is 12.9. The van der Waals surface area contributed by atoms with Crippen LogP contribution in [0.15, 0.2) is 57.9 Å². The highest BCUT2D eigenvalue weighted by molar-refractivity contribution is 9.10. The lowest BCUT2D eigenvalue weighted by molar-refractivity contribution is -0.148. The third kappa shape index (κ3) is 6.39. The minimum Gasteiger partial charge on any atom is -0.465 e. The molecule has 0 heterocycles. The Hall–Kier alpha value is -1.70. The highest BCUT2D eigenvalue weighted by Gasteiger charge is 2.37. The Morgan fingerprint density at radius 3 is 2.34 bits per heavy atom. The number of nitrogens with zero attached hydrogens (tertiary/aromatic N) is 1. The van der Waals surface area contributed by atoms with Crippen LogP contribution in [0.25, 0.3) is 0 Å². The van der Waals surface area contributed by atoms with Crippen LogP contribution in [0.5, 0.6) is 0 Å². The Kier molecular flexibility index (Phi) is 8.43. The molecule has 0 aromatic heterocycles. The first-order valence-corrected chi connectivity index (χ1v) is 11.9. The van der Waals surface area contributed by atoms with Gasteiger partial charge in [-0.2, -0.15) is 4.31 Å². The Balaban J connectivity index is 2.55. The average Bonchev–Trinajstić information content (AvgIpc) is 2.65. The summed E-state index contributed by atoms with van der Waals surface area (Å²) in [6.45, 7) is 7.89. The van der Waals surface area contributed by atoms with Crippen molar-refractivity contribution in [3.8, 4) is 0 Å². The van der Waals surface area contributed by atoms with Crippen LogP contribution in [0.2, 0.25) is 0 Å². The third-order valence-corrected chi connectivity index (χ3v) is 6.84. The SMILES string of the molecule is CCOC(=O)C(CC(C)C)N(Cc1cccc(C)c1)S(=O)(=O)c1ccc(Br)cc1. The molecule has 7 heteroatoms. The zero-order valence-corrected chi connectivity index (χ0v) is 19.7. The van der Waals surface area contributed by atoms with Gasteiger partial charge in [0.15, 0.2) is 0 Å². The van der Waals surface area contributed by atoms with Crippen molar-refractivity contribution in [3.63, 3.8) is 0 Å². The van der Waals surface area contributed by atoms with Crippen LogP contribution < -0.4 is 0 Å². The summed E-state index contributed by atoms with van der Waals surface area (Å²) in [5.41, 5.74) is 1.85. The van der Waals surface area contributed by atoms with Crippen LogP contribution in [0, 0.1) is 12.8 Å². The summed E-state index contributed by atoms with van der Waals surface area (Å²) in [6.07, 6.45) is 0.375. The number of sulfonamides is 1. The maximum Gasteiger partial charge on any atom is 0.324 e. The number of benzene rings is 2. The molecular formula is C22H28BrNO4S. The smallest absolute Gasteiger partial charge is 0.324 e. The Morgan fingerprint density at radius 1 is 1.14 bits per heavy atom. The number of esters is 1. The molecule has 2 aromatic carbocycles. The predicted octanol–water partition coefficient (Wildman–Crippen LogP) is 4.93. The van der Waals surface area contributed by atoms with E-state index in [1.165, 1.54) is 4.31 Å². The largest absolute Gasteiger partial charge is 0.465 e. The average molecular weight is 482 g/mol. The van der Waals surface area contributed by atoms with Crippen LogP contribution in [-0.4, -0.2) is 31.3 Å². The molecule has 158 valence electrons. The number of ether oxygens (including phenoxy) is 1. The third-order valence-electron chi connectivity index (χ3n) is 4.44. The summed E-state index contributed by atoms with van der Waals surface area (Å²) in [5.74, 6) is -0.404. The van der Waals surface area contributed by atoms with Crippen LogP contribution in [-0.2, 0) is 26.1 Å². The minimum absolute atomic E-state index is 0.0935. The summed E-state index contributed by atoms with van der Waals surface area (Å²) in [7, 11) is -3.93. The van der Waals surface area contributed by atoms with Crippen molar-refractivity contribution >= 4 is 31.9 Å². The second-order valence-corrected chi connectivity index (χ2v) is 10.2. The zero-order chi connectivity index (χ0) is 21.6. The number of carbonyl (C=O) groups excluding carboxylic acids is 1. The van der Waals surface area contributed by atoms with Gasteiger partial charge in [0.25, 0.3) is 0 Å². The van der Waals surface area contributed by atoms with Gasteiger partial charge in [-0.3, -0.25) is 4.79 Å². The first-order valence-electron chi connectivity index (χ1n) is 9.64. The Morgan fingerprint density at radius 2 is 1.79 bits per heavy atom. The summed E-state index contributed by atoms with van der Waals surface area (Å²) < 4.78 is 34.4. The molecule has 0 aliphatic carbocycles. The van der Waals surface area contributed by atoms with E-state index in [9.17, 15) is 13.2 Å². The van der Waals surface area contributed by atoms with E-state index in [-0.39, 0.29) is 24.0 Å². The fraction of sp³-hybridized carbons (Fsp3) is 0.409. The first-order chi connectivity index (χ1) is 13.6. The second-order valence-electron chi connectivity index (χ2n) is 7.39. The predicted molar refractivity (Wildman–Crippen MR) is 118 cm³/mol. The highest BCUT2D eigenvalue weighted by atomic mass is 79.9. The van der Waals surface area contributed by atoms with Gasteiger partial charge in [-0.1, -0.05) is 59.6 Å². The van der Waals surface area contributed by atoms with Gasteiger partial charge in [-0.05, 0) is 56.0 Å². The van der Waals surface area contributed by atoms with Gasteiger partial charge in [0.1, 0.15) is 6.04 Å². The molecule has 0 bridgehead atoms. The maximum absolute atomic E-state index is 13.6. The van der Waals surface area contributed by atoms with E-state index in [2.05, 4.69) is 15.9 Å². The number of hydrogen-bond acceptors (Lipinski definition) is 4. The van der Waals surface area contributed by atoms with Gasteiger partial charge >= 0.3 is 5.97 Å². The van der Waals surface area contributed by atoms with E-state index >= 15 is 0 Å². The molecule has 29 heavy (non-hydrogen) atoms. The lowest BCUT2D eigenvalue weighted by Gasteiger charge is -2.30. The number of hydrogen-bond donors (Lipinski definition) is 0. The van der Waals surface area contributed by atoms with Crippen LogP contribution in [0.1, 0.15) is 38.3 Å². The summed E-state index contributed by atoms with van der Waals surface area (Å²) in [5, 5.41) is 0. The monoisotopic (exact) mass is 481 g/mol. The molecule has 0 aliphatic rings. The molecule has 0 saturated carbocycles. The topological polar surface area (TPSA) is 63.7 Å². The van der Waals surface area contributed by atoms with Crippen molar-refractivity contribution in [1.29, 1.82) is 0 Å². The van der Waals surface area contributed by atoms with E-state index in [0.717, 1.165) is 15.6 Å². The quantitative estimate of drug-likeness (QED) is 0.476. The van der Waals surface area contributed by atoms with E-state index in [0.29, 0.717) is 6.42 Å². The molecule has 5 nitrogen and oxygen atoms in total. The molecule has 2 rings (SSSR count). The summed E-state index contributed by atoms with van der Waals surface area (Å²) in [6, 6.07) is 13.2. The van der Waals surface area contributed by atoms with E-state index in [1.54, 1.807) is 31.2 Å². The van der Waals surface area contributed by atoms with Gasteiger partial charge in [-0.25, -0.2) is 8.42 Å². The molecule has 0 spiro atoms. The van der Waals surface area contributed by atoms with E-state index < -0.39 is 22.0 Å². The lowest BCUT2D eigenvalue weighted by atomic mass is 10.0. The fourth-order valence-electron chi connectivity index (χ4n) is 3.11. The number of rotatable bonds is 9. The molecule has 0 amide bonds. The molecule has 1 atom stereocenters. The summed E-state index contributed by atoms with van der Waals surface area (Å²) in [4.78, 5) is 12.9. The lowest BCUT2D eigenvalue weighted by Crippen LogP contribution is -2.46. The Bertz CT molecular complexity index is 926. The van der Waals surface area contributed by atoms with Crippen LogP contribution in [0.4, 0.5) is 0 Å². The van der Waals surface area contributed by atoms with Crippen LogP contribution in [0.3, 0.4) is 0 Å². The van der Waals surface area contributed by atoms with Gasteiger partial charge in [-0.15, -0.1) is 0 Å². The van der Waals surface area contributed by atoms with Crippen molar-refractivity contribution in [1.82, 2.24) is 4.31 Å². The molecule has 1 unspecified atom stereocenters. The van der Waals surface area contributed by atoms with Crippen molar-refractivity contribution in [2.75, 3.05) is 6.61 Å². The zero-order valence-electron chi connectivity index (χ0n) is 17.3. The van der Waals surface area contributed by atoms with E-state index in [4.69, 9.17) is 4.74 Å². The molecule has 0 fully saturated rings. The fourth-order valence-corrected chi connectivity index (χ4v) is 4.95.